The van der Waals surface area contributed by atoms with Gasteiger partial charge in [0.15, 0.2) is 6.10 Å². The molecule has 0 bridgehead atoms. The summed E-state index contributed by atoms with van der Waals surface area (Å²) in [4.78, 5) is 48.7. The first-order valence-electron chi connectivity index (χ1n) is 7.52. The highest BCUT2D eigenvalue weighted by Gasteiger charge is 2.43. The van der Waals surface area contributed by atoms with Crippen LogP contribution in [0.15, 0.2) is 22.8 Å². The number of nitrogens with zero attached hydrogens (tertiary/aromatic N) is 1. The number of thioether (sulfide) groups is 1. The quantitative estimate of drug-likeness (QED) is 0.747. The van der Waals surface area contributed by atoms with Gasteiger partial charge in [0.2, 0.25) is 5.91 Å². The second-order valence-corrected chi connectivity index (χ2v) is 6.40. The van der Waals surface area contributed by atoms with Crippen molar-refractivity contribution in [1.29, 1.82) is 0 Å². The molecule has 0 aromatic carbocycles. The number of carbonyl (C=O) groups is 4. The van der Waals surface area contributed by atoms with Gasteiger partial charge < -0.3 is 19.4 Å². The van der Waals surface area contributed by atoms with E-state index in [1.807, 2.05) is 5.32 Å². The lowest BCUT2D eigenvalue weighted by atomic mass is 10.2. The molecule has 4 amide bonds. The van der Waals surface area contributed by atoms with E-state index in [4.69, 9.17) is 9.15 Å². The Hall–Kier alpha value is -2.49. The molecule has 0 aliphatic carbocycles. The van der Waals surface area contributed by atoms with E-state index in [2.05, 4.69) is 5.32 Å². The van der Waals surface area contributed by atoms with Crippen molar-refractivity contribution >= 4 is 35.6 Å². The van der Waals surface area contributed by atoms with Crippen LogP contribution in [0.3, 0.4) is 0 Å². The van der Waals surface area contributed by atoms with Gasteiger partial charge in [0, 0.05) is 19.7 Å². The van der Waals surface area contributed by atoms with Crippen molar-refractivity contribution in [3.05, 3.63) is 24.2 Å². The molecule has 0 saturated carbocycles. The number of hydrogen-bond acceptors (Lipinski definition) is 7. The standard InChI is InChI=1S/C15H19N3O6S/c1-8(12(20)17-15(22)16-3)24-14(21)10-7-25-13(18(10)9(2)19)11-5-4-6-23-11/h4-6,8,10,13H,7H2,1-3H3,(H2,16,17,20,22)/t8-,10-,13-/m1/s1. The molecule has 1 fully saturated rings. The monoisotopic (exact) mass is 369 g/mol. The third kappa shape index (κ3) is 4.32. The van der Waals surface area contributed by atoms with E-state index < -0.39 is 35.4 Å². The van der Waals surface area contributed by atoms with Gasteiger partial charge in [-0.15, -0.1) is 11.8 Å². The van der Waals surface area contributed by atoms with Gasteiger partial charge >= 0.3 is 12.0 Å². The number of amides is 4. The van der Waals surface area contributed by atoms with Crippen molar-refractivity contribution in [3.63, 3.8) is 0 Å². The summed E-state index contributed by atoms with van der Waals surface area (Å²) < 4.78 is 10.4. The lowest BCUT2D eigenvalue weighted by Gasteiger charge is -2.26. The number of esters is 1. The predicted octanol–water partition coefficient (Wildman–Crippen LogP) is 0.629. The maximum atomic E-state index is 12.4. The molecule has 1 aliphatic heterocycles. The zero-order valence-corrected chi connectivity index (χ0v) is 14.8. The summed E-state index contributed by atoms with van der Waals surface area (Å²) in [6, 6.07) is 1.88. The number of ether oxygens (including phenoxy) is 1. The van der Waals surface area contributed by atoms with Crippen LogP contribution >= 0.6 is 11.8 Å². The predicted molar refractivity (Wildman–Crippen MR) is 88.4 cm³/mol. The van der Waals surface area contributed by atoms with E-state index in [9.17, 15) is 19.2 Å². The van der Waals surface area contributed by atoms with Gasteiger partial charge in [-0.05, 0) is 19.1 Å². The van der Waals surface area contributed by atoms with Crippen molar-refractivity contribution in [1.82, 2.24) is 15.5 Å². The molecular weight excluding hydrogens is 350 g/mol. The minimum absolute atomic E-state index is 0.309. The summed E-state index contributed by atoms with van der Waals surface area (Å²) in [6.45, 7) is 2.70. The highest BCUT2D eigenvalue weighted by molar-refractivity contribution is 7.99. The van der Waals surface area contributed by atoms with Crippen molar-refractivity contribution in [2.24, 2.45) is 0 Å². The summed E-state index contributed by atoms with van der Waals surface area (Å²) >= 11 is 1.37. The average molecular weight is 369 g/mol. The largest absolute Gasteiger partial charge is 0.466 e. The summed E-state index contributed by atoms with van der Waals surface area (Å²) in [6.07, 6.45) is 0.316. The summed E-state index contributed by atoms with van der Waals surface area (Å²) in [5.41, 5.74) is 0. The topological polar surface area (TPSA) is 118 Å². The molecule has 9 nitrogen and oxygen atoms in total. The van der Waals surface area contributed by atoms with E-state index in [0.717, 1.165) is 0 Å². The number of carbonyl (C=O) groups excluding carboxylic acids is 4. The Morgan fingerprint density at radius 3 is 2.68 bits per heavy atom. The molecule has 3 atom stereocenters. The second kappa shape index (κ2) is 8.06. The molecule has 2 heterocycles. The number of rotatable bonds is 4. The van der Waals surface area contributed by atoms with Crippen LogP contribution in [-0.4, -0.2) is 53.7 Å². The van der Waals surface area contributed by atoms with Gasteiger partial charge in [0.25, 0.3) is 5.91 Å². The fourth-order valence-electron chi connectivity index (χ4n) is 2.31. The molecule has 0 spiro atoms. The molecule has 1 aromatic rings. The first-order chi connectivity index (χ1) is 11.8. The fourth-order valence-corrected chi connectivity index (χ4v) is 3.72. The SMILES string of the molecule is CNC(=O)NC(=O)[C@@H](C)OC(=O)[C@H]1CS[C@H](c2ccco2)N1C(C)=O. The molecule has 25 heavy (non-hydrogen) atoms. The van der Waals surface area contributed by atoms with Gasteiger partial charge in [0.05, 0.1) is 6.26 Å². The number of urea groups is 1. The molecule has 136 valence electrons. The number of imide groups is 1. The van der Waals surface area contributed by atoms with Crippen molar-refractivity contribution in [2.45, 2.75) is 31.4 Å². The highest BCUT2D eigenvalue weighted by atomic mass is 32.2. The Kier molecular flexibility index (Phi) is 6.07. The molecule has 10 heteroatoms. The van der Waals surface area contributed by atoms with Crippen LogP contribution in [0.1, 0.15) is 25.0 Å². The first-order valence-corrected chi connectivity index (χ1v) is 8.57. The van der Waals surface area contributed by atoms with Gasteiger partial charge in [0.1, 0.15) is 17.2 Å². The van der Waals surface area contributed by atoms with Gasteiger partial charge in [-0.3, -0.25) is 14.9 Å². The van der Waals surface area contributed by atoms with E-state index >= 15 is 0 Å². The van der Waals surface area contributed by atoms with E-state index in [1.54, 1.807) is 12.1 Å². The third-order valence-electron chi connectivity index (χ3n) is 3.55. The number of nitrogens with one attached hydrogen (secondary N) is 2. The van der Waals surface area contributed by atoms with Crippen LogP contribution < -0.4 is 10.6 Å². The summed E-state index contributed by atoms with van der Waals surface area (Å²) in [5.74, 6) is -0.906. The molecule has 0 unspecified atom stereocenters. The third-order valence-corrected chi connectivity index (χ3v) is 4.83. The minimum atomic E-state index is -1.17. The Labute approximate surface area is 148 Å². The molecule has 1 aliphatic rings. The normalized spacial score (nSPS) is 20.7. The molecule has 0 radical (unpaired) electrons. The van der Waals surface area contributed by atoms with E-state index in [-0.39, 0.29) is 5.91 Å². The van der Waals surface area contributed by atoms with Crippen molar-refractivity contribution in [2.75, 3.05) is 12.8 Å². The molecule has 2 rings (SSSR count). The minimum Gasteiger partial charge on any atom is -0.466 e. The van der Waals surface area contributed by atoms with Crippen molar-refractivity contribution < 1.29 is 28.3 Å². The van der Waals surface area contributed by atoms with Crippen LogP contribution in [0, 0.1) is 0 Å². The molecular formula is C15H19N3O6S. The van der Waals surface area contributed by atoms with E-state index in [1.165, 1.54) is 43.8 Å². The Bertz CT molecular complexity index is 662. The summed E-state index contributed by atoms with van der Waals surface area (Å²) in [5, 5.41) is 3.82. The van der Waals surface area contributed by atoms with Gasteiger partial charge in [-0.25, -0.2) is 9.59 Å². The maximum Gasteiger partial charge on any atom is 0.330 e. The van der Waals surface area contributed by atoms with Crippen LogP contribution in [0.2, 0.25) is 0 Å². The Morgan fingerprint density at radius 1 is 1.40 bits per heavy atom. The van der Waals surface area contributed by atoms with Crippen LogP contribution in [0.5, 0.6) is 0 Å². The summed E-state index contributed by atoms with van der Waals surface area (Å²) in [7, 11) is 1.36. The Morgan fingerprint density at radius 2 is 2.12 bits per heavy atom. The number of furan rings is 1. The van der Waals surface area contributed by atoms with Crippen molar-refractivity contribution in [3.8, 4) is 0 Å². The maximum absolute atomic E-state index is 12.4. The zero-order valence-electron chi connectivity index (χ0n) is 14.0. The average Bonchev–Trinajstić information content (AvgIpc) is 3.22. The first kappa shape index (κ1) is 18.8. The van der Waals surface area contributed by atoms with E-state index in [0.29, 0.717) is 11.5 Å². The Balaban J connectivity index is 2.04. The second-order valence-electron chi connectivity index (χ2n) is 5.29. The van der Waals surface area contributed by atoms with Crippen LogP contribution in [-0.2, 0) is 19.1 Å². The highest BCUT2D eigenvalue weighted by Crippen LogP contribution is 2.41. The number of hydrogen-bond donors (Lipinski definition) is 2. The van der Waals surface area contributed by atoms with Gasteiger partial charge in [-0.1, -0.05) is 0 Å². The smallest absolute Gasteiger partial charge is 0.330 e. The van der Waals surface area contributed by atoms with Crippen LogP contribution in [0.4, 0.5) is 4.79 Å². The zero-order chi connectivity index (χ0) is 18.6. The lowest BCUT2D eigenvalue weighted by molar-refractivity contribution is -0.161. The lowest BCUT2D eigenvalue weighted by Crippen LogP contribution is -2.47. The fraction of sp³-hybridized carbons (Fsp3) is 0.467. The van der Waals surface area contributed by atoms with Gasteiger partial charge in [-0.2, -0.15) is 0 Å². The van der Waals surface area contributed by atoms with Crippen LogP contribution in [0.25, 0.3) is 0 Å². The molecule has 1 saturated heterocycles. The molecule has 1 aromatic heterocycles. The molecule has 2 N–H and O–H groups in total.